The van der Waals surface area contributed by atoms with E-state index in [9.17, 15) is 0 Å². The summed E-state index contributed by atoms with van der Waals surface area (Å²) >= 11 is 0. The van der Waals surface area contributed by atoms with Crippen LogP contribution in [0.2, 0.25) is 0 Å². The SMILES string of the molecule is CCn1cc(Nc2nc(-c3cnc4cc[nH]c4c3)cn3ccnc23)cn1. The molecular formula is C18H16N8. The van der Waals surface area contributed by atoms with Gasteiger partial charge in [-0.1, -0.05) is 0 Å². The molecule has 0 bridgehead atoms. The minimum Gasteiger partial charge on any atom is -0.360 e. The van der Waals surface area contributed by atoms with Crippen molar-refractivity contribution in [2.45, 2.75) is 13.5 Å². The summed E-state index contributed by atoms with van der Waals surface area (Å²) < 4.78 is 3.81. The number of rotatable bonds is 4. The summed E-state index contributed by atoms with van der Waals surface area (Å²) in [7, 11) is 0. The van der Waals surface area contributed by atoms with Gasteiger partial charge in [0.2, 0.25) is 0 Å². The van der Waals surface area contributed by atoms with Gasteiger partial charge < -0.3 is 14.7 Å². The van der Waals surface area contributed by atoms with Gasteiger partial charge in [-0.05, 0) is 19.1 Å². The molecule has 0 fully saturated rings. The maximum Gasteiger partial charge on any atom is 0.180 e. The van der Waals surface area contributed by atoms with Crippen LogP contribution < -0.4 is 5.32 Å². The topological polar surface area (TPSA) is 88.7 Å². The van der Waals surface area contributed by atoms with Gasteiger partial charge in [-0.15, -0.1) is 0 Å². The van der Waals surface area contributed by atoms with E-state index in [1.54, 1.807) is 12.4 Å². The highest BCUT2D eigenvalue weighted by Crippen LogP contribution is 2.25. The fourth-order valence-corrected chi connectivity index (χ4v) is 2.97. The molecule has 5 aromatic rings. The van der Waals surface area contributed by atoms with Crippen molar-refractivity contribution in [1.29, 1.82) is 0 Å². The number of hydrogen-bond acceptors (Lipinski definition) is 5. The predicted molar refractivity (Wildman–Crippen MR) is 99.3 cm³/mol. The van der Waals surface area contributed by atoms with Crippen LogP contribution in [0.25, 0.3) is 27.9 Å². The monoisotopic (exact) mass is 344 g/mol. The van der Waals surface area contributed by atoms with Gasteiger partial charge in [-0.3, -0.25) is 9.67 Å². The fourth-order valence-electron chi connectivity index (χ4n) is 2.97. The highest BCUT2D eigenvalue weighted by atomic mass is 15.3. The summed E-state index contributed by atoms with van der Waals surface area (Å²) in [5.74, 6) is 0.676. The number of aromatic nitrogens is 7. The second-order valence-corrected chi connectivity index (χ2v) is 5.98. The first kappa shape index (κ1) is 14.6. The van der Waals surface area contributed by atoms with Gasteiger partial charge in [0.05, 0.1) is 28.6 Å². The smallest absolute Gasteiger partial charge is 0.180 e. The summed E-state index contributed by atoms with van der Waals surface area (Å²) in [6.07, 6.45) is 13.1. The maximum atomic E-state index is 4.78. The van der Waals surface area contributed by atoms with Crippen molar-refractivity contribution in [2.75, 3.05) is 5.32 Å². The minimum absolute atomic E-state index is 0.676. The molecule has 0 unspecified atom stereocenters. The number of aromatic amines is 1. The molecule has 5 aromatic heterocycles. The first-order valence-corrected chi connectivity index (χ1v) is 8.37. The summed E-state index contributed by atoms with van der Waals surface area (Å²) in [6.45, 7) is 2.86. The molecule has 2 N–H and O–H groups in total. The number of imidazole rings is 1. The molecule has 0 amide bonds. The van der Waals surface area contributed by atoms with Crippen molar-refractivity contribution in [3.05, 3.63) is 55.5 Å². The zero-order valence-electron chi connectivity index (χ0n) is 14.1. The van der Waals surface area contributed by atoms with Gasteiger partial charge in [0.15, 0.2) is 11.5 Å². The Morgan fingerprint density at radius 2 is 2.15 bits per heavy atom. The van der Waals surface area contributed by atoms with Crippen LogP contribution >= 0.6 is 0 Å². The van der Waals surface area contributed by atoms with E-state index in [0.29, 0.717) is 5.82 Å². The van der Waals surface area contributed by atoms with Crippen LogP contribution in [0.4, 0.5) is 11.5 Å². The standard InChI is InChI=1S/C18H16N8/c1-2-26-10-13(9-22-26)23-17-18-20-5-6-25(18)11-16(24-17)12-7-15-14(21-8-12)3-4-19-15/h3-11,19H,2H2,1H3,(H,23,24). The van der Waals surface area contributed by atoms with Crippen molar-refractivity contribution < 1.29 is 0 Å². The molecule has 0 aromatic carbocycles. The number of aryl methyl sites for hydroxylation is 1. The molecule has 0 saturated heterocycles. The second-order valence-electron chi connectivity index (χ2n) is 5.98. The molecule has 5 heterocycles. The molecule has 26 heavy (non-hydrogen) atoms. The van der Waals surface area contributed by atoms with E-state index in [2.05, 4.69) is 25.4 Å². The largest absolute Gasteiger partial charge is 0.360 e. The highest BCUT2D eigenvalue weighted by molar-refractivity contribution is 5.81. The zero-order valence-corrected chi connectivity index (χ0v) is 14.1. The Balaban J connectivity index is 1.62. The summed E-state index contributed by atoms with van der Waals surface area (Å²) in [4.78, 5) is 16.9. The molecule has 128 valence electrons. The summed E-state index contributed by atoms with van der Waals surface area (Å²) in [5.41, 5.74) is 5.29. The van der Waals surface area contributed by atoms with E-state index >= 15 is 0 Å². The number of fused-ring (bicyclic) bond motifs is 2. The van der Waals surface area contributed by atoms with Crippen molar-refractivity contribution >= 4 is 28.2 Å². The predicted octanol–water partition coefficient (Wildman–Crippen LogP) is 3.23. The van der Waals surface area contributed by atoms with Gasteiger partial charge in [0, 0.05) is 49.3 Å². The molecule has 8 nitrogen and oxygen atoms in total. The molecule has 0 atom stereocenters. The van der Waals surface area contributed by atoms with Crippen LogP contribution in [0.5, 0.6) is 0 Å². The van der Waals surface area contributed by atoms with Crippen LogP contribution in [-0.2, 0) is 6.54 Å². The van der Waals surface area contributed by atoms with Gasteiger partial charge in [0.25, 0.3) is 0 Å². The normalized spacial score (nSPS) is 11.4. The average Bonchev–Trinajstić information content (AvgIpc) is 3.40. The highest BCUT2D eigenvalue weighted by Gasteiger charge is 2.11. The van der Waals surface area contributed by atoms with Gasteiger partial charge in [-0.25, -0.2) is 9.97 Å². The van der Waals surface area contributed by atoms with E-state index in [-0.39, 0.29) is 0 Å². The molecule has 0 aliphatic heterocycles. The van der Waals surface area contributed by atoms with Crippen molar-refractivity contribution in [1.82, 2.24) is 34.1 Å². The molecule has 0 spiro atoms. The summed E-state index contributed by atoms with van der Waals surface area (Å²) in [6, 6.07) is 4.00. The Morgan fingerprint density at radius 3 is 3.04 bits per heavy atom. The third-order valence-electron chi connectivity index (χ3n) is 4.29. The van der Waals surface area contributed by atoms with Crippen molar-refractivity contribution in [3.8, 4) is 11.3 Å². The van der Waals surface area contributed by atoms with E-state index in [0.717, 1.165) is 40.2 Å². The van der Waals surface area contributed by atoms with Crippen LogP contribution in [-0.4, -0.2) is 34.1 Å². The Bertz CT molecular complexity index is 1210. The number of nitrogens with zero attached hydrogens (tertiary/aromatic N) is 6. The second kappa shape index (κ2) is 5.69. The molecule has 0 aliphatic carbocycles. The number of pyridine rings is 1. The lowest BCUT2D eigenvalue weighted by atomic mass is 10.2. The first-order chi connectivity index (χ1) is 12.8. The van der Waals surface area contributed by atoms with Crippen LogP contribution in [0.3, 0.4) is 0 Å². The van der Waals surface area contributed by atoms with Crippen molar-refractivity contribution in [2.24, 2.45) is 0 Å². The summed E-state index contributed by atoms with van der Waals surface area (Å²) in [5, 5.41) is 7.62. The molecule has 8 heteroatoms. The Hall–Kier alpha value is -3.68. The maximum absolute atomic E-state index is 4.78. The quantitative estimate of drug-likeness (QED) is 0.522. The average molecular weight is 344 g/mol. The minimum atomic E-state index is 0.676. The number of nitrogens with one attached hydrogen (secondary N) is 2. The number of hydrogen-bond donors (Lipinski definition) is 2. The Labute approximate surface area is 148 Å². The van der Waals surface area contributed by atoms with Crippen LogP contribution in [0, 0.1) is 0 Å². The van der Waals surface area contributed by atoms with E-state index < -0.39 is 0 Å². The molecule has 0 radical (unpaired) electrons. The third kappa shape index (κ3) is 2.39. The molecular weight excluding hydrogens is 328 g/mol. The Kier molecular flexibility index (Phi) is 3.21. The lowest BCUT2D eigenvalue weighted by Crippen LogP contribution is -2.00. The number of anilines is 2. The third-order valence-corrected chi connectivity index (χ3v) is 4.29. The van der Waals surface area contributed by atoms with E-state index in [1.165, 1.54) is 0 Å². The van der Waals surface area contributed by atoms with Gasteiger partial charge in [-0.2, -0.15) is 5.10 Å². The Morgan fingerprint density at radius 1 is 1.19 bits per heavy atom. The van der Waals surface area contributed by atoms with Gasteiger partial charge >= 0.3 is 0 Å². The molecule has 0 saturated carbocycles. The zero-order chi connectivity index (χ0) is 17.5. The van der Waals surface area contributed by atoms with Crippen LogP contribution in [0.15, 0.2) is 55.5 Å². The molecule has 0 aliphatic rings. The lowest BCUT2D eigenvalue weighted by molar-refractivity contribution is 0.660. The first-order valence-electron chi connectivity index (χ1n) is 8.37. The lowest BCUT2D eigenvalue weighted by Gasteiger charge is -2.08. The van der Waals surface area contributed by atoms with E-state index in [4.69, 9.17) is 4.98 Å². The number of H-pyrrole nitrogens is 1. The fraction of sp³-hybridized carbons (Fsp3) is 0.111. The molecule has 5 rings (SSSR count). The van der Waals surface area contributed by atoms with Crippen LogP contribution in [0.1, 0.15) is 6.92 Å². The van der Waals surface area contributed by atoms with Gasteiger partial charge in [0.1, 0.15) is 0 Å². The van der Waals surface area contributed by atoms with Crippen molar-refractivity contribution in [3.63, 3.8) is 0 Å². The van der Waals surface area contributed by atoms with E-state index in [1.807, 2.05) is 59.1 Å².